The van der Waals surface area contributed by atoms with Gasteiger partial charge in [-0.25, -0.2) is 9.97 Å². The molecule has 2 heterocycles. The van der Waals surface area contributed by atoms with Crippen molar-refractivity contribution < 1.29 is 0 Å². The molecule has 0 aliphatic heterocycles. The SMILES string of the molecule is Cc1cc(-c2sccc2Br)nc(Cl)n1. The third-order valence-corrected chi connectivity index (χ3v) is 3.71. The molecule has 0 aromatic carbocycles. The van der Waals surface area contributed by atoms with Crippen molar-refractivity contribution in [3.8, 4) is 10.6 Å². The summed E-state index contributed by atoms with van der Waals surface area (Å²) < 4.78 is 1.04. The fourth-order valence-electron chi connectivity index (χ4n) is 1.13. The van der Waals surface area contributed by atoms with Gasteiger partial charge in [-0.1, -0.05) is 0 Å². The Hall–Kier alpha value is -0.450. The number of nitrogens with zero attached hydrogens (tertiary/aromatic N) is 2. The maximum absolute atomic E-state index is 5.79. The number of aryl methyl sites for hydroxylation is 1. The molecular formula is C9H6BrClN2S. The second kappa shape index (κ2) is 3.96. The van der Waals surface area contributed by atoms with Crippen LogP contribution in [0.4, 0.5) is 0 Å². The van der Waals surface area contributed by atoms with Crippen molar-refractivity contribution >= 4 is 38.9 Å². The number of aromatic nitrogens is 2. The lowest BCUT2D eigenvalue weighted by Crippen LogP contribution is -1.89. The minimum atomic E-state index is 0.292. The third kappa shape index (κ3) is 1.97. The lowest BCUT2D eigenvalue weighted by Gasteiger charge is -2.00. The molecule has 0 saturated carbocycles. The van der Waals surface area contributed by atoms with Gasteiger partial charge in [0.05, 0.1) is 10.6 Å². The highest BCUT2D eigenvalue weighted by atomic mass is 79.9. The summed E-state index contributed by atoms with van der Waals surface area (Å²) in [6, 6.07) is 3.91. The highest BCUT2D eigenvalue weighted by molar-refractivity contribution is 9.10. The molecule has 0 saturated heterocycles. The molecule has 2 aromatic heterocycles. The molecule has 14 heavy (non-hydrogen) atoms. The number of hydrogen-bond donors (Lipinski definition) is 0. The van der Waals surface area contributed by atoms with E-state index >= 15 is 0 Å². The normalized spacial score (nSPS) is 10.5. The first-order chi connectivity index (χ1) is 6.66. The van der Waals surface area contributed by atoms with Gasteiger partial charge in [0.25, 0.3) is 0 Å². The minimum absolute atomic E-state index is 0.292. The van der Waals surface area contributed by atoms with E-state index in [1.54, 1.807) is 11.3 Å². The molecular weight excluding hydrogens is 284 g/mol. The largest absolute Gasteiger partial charge is 0.223 e. The van der Waals surface area contributed by atoms with Gasteiger partial charge in [-0.15, -0.1) is 11.3 Å². The van der Waals surface area contributed by atoms with E-state index < -0.39 is 0 Å². The molecule has 5 heteroatoms. The van der Waals surface area contributed by atoms with E-state index in [0.717, 1.165) is 20.7 Å². The highest BCUT2D eigenvalue weighted by Crippen LogP contribution is 2.32. The Labute approximate surface area is 99.1 Å². The predicted octanol–water partition coefficient (Wildman–Crippen LogP) is 3.93. The van der Waals surface area contributed by atoms with Crippen molar-refractivity contribution in [1.29, 1.82) is 0 Å². The van der Waals surface area contributed by atoms with E-state index in [1.807, 2.05) is 24.4 Å². The molecule has 0 amide bonds. The summed E-state index contributed by atoms with van der Waals surface area (Å²) in [6.07, 6.45) is 0. The molecule has 0 N–H and O–H groups in total. The topological polar surface area (TPSA) is 25.8 Å². The molecule has 0 spiro atoms. The number of hydrogen-bond acceptors (Lipinski definition) is 3. The summed E-state index contributed by atoms with van der Waals surface area (Å²) in [4.78, 5) is 9.27. The van der Waals surface area contributed by atoms with Crippen molar-refractivity contribution in [3.05, 3.63) is 33.0 Å². The summed E-state index contributed by atoms with van der Waals surface area (Å²) in [5.41, 5.74) is 1.74. The molecule has 72 valence electrons. The van der Waals surface area contributed by atoms with Gasteiger partial charge < -0.3 is 0 Å². The van der Waals surface area contributed by atoms with E-state index in [0.29, 0.717) is 5.28 Å². The highest BCUT2D eigenvalue weighted by Gasteiger charge is 2.07. The number of rotatable bonds is 1. The van der Waals surface area contributed by atoms with Crippen LogP contribution < -0.4 is 0 Å². The van der Waals surface area contributed by atoms with Crippen LogP contribution >= 0.6 is 38.9 Å². The molecule has 2 nitrogen and oxygen atoms in total. The Bertz CT molecular complexity index is 449. The van der Waals surface area contributed by atoms with Crippen LogP contribution in [0.5, 0.6) is 0 Å². The average molecular weight is 290 g/mol. The zero-order chi connectivity index (χ0) is 10.1. The van der Waals surface area contributed by atoms with E-state index in [1.165, 1.54) is 0 Å². The van der Waals surface area contributed by atoms with Crippen LogP contribution in [0.2, 0.25) is 5.28 Å². The Morgan fingerprint density at radius 1 is 1.43 bits per heavy atom. The van der Waals surface area contributed by atoms with Crippen molar-refractivity contribution in [1.82, 2.24) is 9.97 Å². The van der Waals surface area contributed by atoms with Gasteiger partial charge in [-0.3, -0.25) is 0 Å². The molecule has 2 rings (SSSR count). The predicted molar refractivity (Wildman–Crippen MR) is 62.8 cm³/mol. The van der Waals surface area contributed by atoms with E-state index in [2.05, 4.69) is 25.9 Å². The zero-order valence-corrected chi connectivity index (χ0v) is 10.4. The lowest BCUT2D eigenvalue weighted by atomic mass is 10.3. The zero-order valence-electron chi connectivity index (χ0n) is 7.29. The van der Waals surface area contributed by atoms with Gasteiger partial charge in [-0.2, -0.15) is 0 Å². The van der Waals surface area contributed by atoms with E-state index in [9.17, 15) is 0 Å². The first-order valence-electron chi connectivity index (χ1n) is 3.91. The molecule has 0 fully saturated rings. The molecule has 2 aromatic rings. The molecule has 0 aliphatic rings. The van der Waals surface area contributed by atoms with Gasteiger partial charge in [-0.05, 0) is 52.0 Å². The molecule has 0 unspecified atom stereocenters. The van der Waals surface area contributed by atoms with Crippen LogP contribution in [0, 0.1) is 6.92 Å². The Morgan fingerprint density at radius 2 is 2.21 bits per heavy atom. The van der Waals surface area contributed by atoms with Crippen LogP contribution in [0.25, 0.3) is 10.6 Å². The fraction of sp³-hybridized carbons (Fsp3) is 0.111. The minimum Gasteiger partial charge on any atom is -0.223 e. The van der Waals surface area contributed by atoms with Gasteiger partial charge in [0.1, 0.15) is 0 Å². The Morgan fingerprint density at radius 3 is 2.79 bits per heavy atom. The summed E-state index contributed by atoms with van der Waals surface area (Å²) in [7, 11) is 0. The quantitative estimate of drug-likeness (QED) is 0.743. The van der Waals surface area contributed by atoms with Crippen LogP contribution in [0.15, 0.2) is 22.0 Å². The summed E-state index contributed by atoms with van der Waals surface area (Å²) in [5, 5.41) is 2.30. The standard InChI is InChI=1S/C9H6BrClN2S/c1-5-4-7(13-9(11)12-5)8-6(10)2-3-14-8/h2-4H,1H3. The van der Waals surface area contributed by atoms with E-state index in [4.69, 9.17) is 11.6 Å². The molecule has 0 atom stereocenters. The summed E-state index contributed by atoms with van der Waals surface area (Å²) >= 11 is 10.9. The summed E-state index contributed by atoms with van der Waals surface area (Å²) in [6.45, 7) is 1.90. The van der Waals surface area contributed by atoms with Crippen LogP contribution in [0.3, 0.4) is 0 Å². The van der Waals surface area contributed by atoms with Gasteiger partial charge in [0, 0.05) is 10.2 Å². The third-order valence-electron chi connectivity index (χ3n) is 1.68. The fourth-order valence-corrected chi connectivity index (χ4v) is 2.89. The second-order valence-electron chi connectivity index (χ2n) is 2.76. The maximum atomic E-state index is 5.79. The number of halogens is 2. The first kappa shape index (κ1) is 10.1. The maximum Gasteiger partial charge on any atom is 0.223 e. The van der Waals surface area contributed by atoms with Crippen molar-refractivity contribution in [2.24, 2.45) is 0 Å². The molecule has 0 bridgehead atoms. The van der Waals surface area contributed by atoms with Crippen LogP contribution in [0.1, 0.15) is 5.69 Å². The monoisotopic (exact) mass is 288 g/mol. The Kier molecular flexibility index (Phi) is 2.85. The van der Waals surface area contributed by atoms with Gasteiger partial charge in [0.15, 0.2) is 0 Å². The van der Waals surface area contributed by atoms with E-state index in [-0.39, 0.29) is 0 Å². The summed E-state index contributed by atoms with van der Waals surface area (Å²) in [5.74, 6) is 0. The van der Waals surface area contributed by atoms with Crippen LogP contribution in [-0.2, 0) is 0 Å². The smallest absolute Gasteiger partial charge is 0.223 e. The molecule has 0 radical (unpaired) electrons. The van der Waals surface area contributed by atoms with Crippen molar-refractivity contribution in [3.63, 3.8) is 0 Å². The number of thiophene rings is 1. The van der Waals surface area contributed by atoms with Gasteiger partial charge >= 0.3 is 0 Å². The van der Waals surface area contributed by atoms with Crippen molar-refractivity contribution in [2.45, 2.75) is 6.92 Å². The Balaban J connectivity index is 2.57. The van der Waals surface area contributed by atoms with Crippen molar-refractivity contribution in [2.75, 3.05) is 0 Å². The van der Waals surface area contributed by atoms with Gasteiger partial charge in [0.2, 0.25) is 5.28 Å². The van der Waals surface area contributed by atoms with Crippen LogP contribution in [-0.4, -0.2) is 9.97 Å². The second-order valence-corrected chi connectivity index (χ2v) is 4.87. The lowest BCUT2D eigenvalue weighted by molar-refractivity contribution is 1.11. The molecule has 0 aliphatic carbocycles. The first-order valence-corrected chi connectivity index (χ1v) is 5.96. The average Bonchev–Trinajstić information content (AvgIpc) is 2.49.